The van der Waals surface area contributed by atoms with Gasteiger partial charge in [0.05, 0.1) is 0 Å². The minimum Gasteiger partial charge on any atom is -0.369 e. The molecule has 0 fully saturated rings. The van der Waals surface area contributed by atoms with Crippen LogP contribution in [-0.2, 0) is 6.18 Å². The molecule has 7 heteroatoms. The number of rotatable bonds is 4. The normalized spacial score (nSPS) is 13.0. The van der Waals surface area contributed by atoms with Crippen LogP contribution in [0.3, 0.4) is 0 Å². The van der Waals surface area contributed by atoms with Crippen LogP contribution < -0.4 is 11.1 Å². The third-order valence-corrected chi connectivity index (χ3v) is 2.99. The molecule has 1 atom stereocenters. The second-order valence-corrected chi connectivity index (χ2v) is 4.69. The van der Waals surface area contributed by atoms with Crippen molar-refractivity contribution < 1.29 is 13.2 Å². The molecule has 0 saturated carbocycles. The maximum absolute atomic E-state index is 12.6. The number of nitrogens with one attached hydrogen (secondary N) is 1. The number of halogens is 3. The second kappa shape index (κ2) is 5.99. The van der Waals surface area contributed by atoms with Gasteiger partial charge in [-0.05, 0) is 11.5 Å². The van der Waals surface area contributed by atoms with E-state index in [-0.39, 0.29) is 11.7 Å². The van der Waals surface area contributed by atoms with Gasteiger partial charge in [0.1, 0.15) is 5.82 Å². The number of nitrogens with zero attached hydrogens (tertiary/aromatic N) is 2. The summed E-state index contributed by atoms with van der Waals surface area (Å²) >= 11 is 0. The predicted octanol–water partition coefficient (Wildman–Crippen LogP) is 3.29. The molecular formula is C14H15F3N4. The SMILES string of the molecule is CC(CNc1cc(C(F)(F)F)nc(N)n1)c1ccccc1. The van der Waals surface area contributed by atoms with Gasteiger partial charge >= 0.3 is 6.18 Å². The lowest BCUT2D eigenvalue weighted by molar-refractivity contribution is -0.141. The molecule has 112 valence electrons. The van der Waals surface area contributed by atoms with Crippen LogP contribution in [0.25, 0.3) is 0 Å². The van der Waals surface area contributed by atoms with E-state index in [1.54, 1.807) is 0 Å². The van der Waals surface area contributed by atoms with Crippen LogP contribution in [0.5, 0.6) is 0 Å². The molecule has 0 aliphatic carbocycles. The highest BCUT2D eigenvalue weighted by atomic mass is 19.4. The summed E-state index contributed by atoms with van der Waals surface area (Å²) in [5, 5.41) is 2.87. The number of nitrogens with two attached hydrogens (primary N) is 1. The van der Waals surface area contributed by atoms with E-state index in [0.717, 1.165) is 11.6 Å². The minimum absolute atomic E-state index is 0.0672. The number of hydrogen-bond donors (Lipinski definition) is 2. The number of benzene rings is 1. The summed E-state index contributed by atoms with van der Waals surface area (Å²) < 4.78 is 37.9. The Bertz CT molecular complexity index is 599. The maximum Gasteiger partial charge on any atom is 0.433 e. The third-order valence-electron chi connectivity index (χ3n) is 2.99. The molecule has 0 bridgehead atoms. The van der Waals surface area contributed by atoms with Gasteiger partial charge in [0.15, 0.2) is 5.69 Å². The van der Waals surface area contributed by atoms with Crippen LogP contribution in [-0.4, -0.2) is 16.5 Å². The summed E-state index contributed by atoms with van der Waals surface area (Å²) in [6.07, 6.45) is -4.54. The molecule has 1 unspecified atom stereocenters. The number of nitrogen functional groups attached to an aromatic ring is 1. The van der Waals surface area contributed by atoms with E-state index in [1.807, 2.05) is 37.3 Å². The molecule has 1 aromatic heterocycles. The molecule has 4 nitrogen and oxygen atoms in total. The first kappa shape index (κ1) is 15.1. The Morgan fingerprint density at radius 1 is 1.19 bits per heavy atom. The molecule has 0 aliphatic rings. The third kappa shape index (κ3) is 4.08. The predicted molar refractivity (Wildman–Crippen MR) is 74.8 cm³/mol. The van der Waals surface area contributed by atoms with Crippen molar-refractivity contribution in [2.24, 2.45) is 0 Å². The summed E-state index contributed by atoms with van der Waals surface area (Å²) in [5.74, 6) is -0.214. The molecule has 0 aliphatic heterocycles. The van der Waals surface area contributed by atoms with Gasteiger partial charge in [-0.3, -0.25) is 0 Å². The van der Waals surface area contributed by atoms with Gasteiger partial charge in [-0.2, -0.15) is 18.2 Å². The number of aromatic nitrogens is 2. The van der Waals surface area contributed by atoms with Gasteiger partial charge in [0.2, 0.25) is 5.95 Å². The molecule has 2 rings (SSSR count). The quantitative estimate of drug-likeness (QED) is 0.908. The van der Waals surface area contributed by atoms with Crippen LogP contribution in [0.1, 0.15) is 24.1 Å². The van der Waals surface area contributed by atoms with E-state index < -0.39 is 17.8 Å². The molecular weight excluding hydrogens is 281 g/mol. The van der Waals surface area contributed by atoms with Crippen molar-refractivity contribution in [2.45, 2.75) is 19.0 Å². The second-order valence-electron chi connectivity index (χ2n) is 4.69. The van der Waals surface area contributed by atoms with Gasteiger partial charge in [-0.1, -0.05) is 37.3 Å². The first-order chi connectivity index (χ1) is 9.86. The lowest BCUT2D eigenvalue weighted by Crippen LogP contribution is -2.15. The topological polar surface area (TPSA) is 63.8 Å². The van der Waals surface area contributed by atoms with Crippen molar-refractivity contribution in [3.63, 3.8) is 0 Å². The van der Waals surface area contributed by atoms with Crippen LogP contribution in [0, 0.1) is 0 Å². The highest BCUT2D eigenvalue weighted by molar-refractivity contribution is 5.41. The first-order valence-electron chi connectivity index (χ1n) is 6.37. The Morgan fingerprint density at radius 2 is 1.86 bits per heavy atom. The molecule has 0 spiro atoms. The van der Waals surface area contributed by atoms with Crippen LogP contribution in [0.15, 0.2) is 36.4 Å². The maximum atomic E-state index is 12.6. The van der Waals surface area contributed by atoms with Crippen molar-refractivity contribution in [1.29, 1.82) is 0 Å². The number of hydrogen-bond acceptors (Lipinski definition) is 4. The van der Waals surface area contributed by atoms with E-state index in [9.17, 15) is 13.2 Å². The van der Waals surface area contributed by atoms with Crippen LogP contribution >= 0.6 is 0 Å². The monoisotopic (exact) mass is 296 g/mol. The van der Waals surface area contributed by atoms with Gasteiger partial charge in [-0.15, -0.1) is 0 Å². The van der Waals surface area contributed by atoms with Crippen molar-refractivity contribution in [3.05, 3.63) is 47.7 Å². The molecule has 21 heavy (non-hydrogen) atoms. The van der Waals surface area contributed by atoms with Crippen molar-refractivity contribution in [1.82, 2.24) is 9.97 Å². The molecule has 0 amide bonds. The first-order valence-corrected chi connectivity index (χ1v) is 6.37. The van der Waals surface area contributed by atoms with E-state index in [1.165, 1.54) is 0 Å². The zero-order valence-electron chi connectivity index (χ0n) is 11.4. The lowest BCUT2D eigenvalue weighted by Gasteiger charge is -2.14. The number of anilines is 2. The molecule has 1 heterocycles. The van der Waals surface area contributed by atoms with E-state index >= 15 is 0 Å². The standard InChI is InChI=1S/C14H15F3N4/c1-9(10-5-3-2-4-6-10)8-19-12-7-11(14(15,16)17)20-13(18)21-12/h2-7,9H,8H2,1H3,(H3,18,19,20,21). The largest absolute Gasteiger partial charge is 0.433 e. The number of alkyl halides is 3. The molecule has 3 N–H and O–H groups in total. The van der Waals surface area contributed by atoms with Crippen molar-refractivity contribution in [2.75, 3.05) is 17.6 Å². The molecule has 2 aromatic rings. The van der Waals surface area contributed by atoms with Crippen molar-refractivity contribution in [3.8, 4) is 0 Å². The lowest BCUT2D eigenvalue weighted by atomic mass is 10.0. The minimum atomic E-state index is -4.54. The van der Waals surface area contributed by atoms with Crippen LogP contribution in [0.4, 0.5) is 24.9 Å². The highest BCUT2D eigenvalue weighted by Gasteiger charge is 2.33. The summed E-state index contributed by atoms with van der Waals surface area (Å²) in [6, 6.07) is 10.5. The van der Waals surface area contributed by atoms with E-state index in [0.29, 0.717) is 6.54 Å². The Kier molecular flexibility index (Phi) is 4.30. The molecule has 1 aromatic carbocycles. The van der Waals surface area contributed by atoms with Gasteiger partial charge < -0.3 is 11.1 Å². The fourth-order valence-corrected chi connectivity index (χ4v) is 1.86. The zero-order chi connectivity index (χ0) is 15.5. The Labute approximate surface area is 120 Å². The molecule has 0 saturated heterocycles. The fourth-order valence-electron chi connectivity index (χ4n) is 1.86. The van der Waals surface area contributed by atoms with Gasteiger partial charge in [-0.25, -0.2) is 4.98 Å². The Morgan fingerprint density at radius 3 is 2.48 bits per heavy atom. The van der Waals surface area contributed by atoms with E-state index in [4.69, 9.17) is 5.73 Å². The fraction of sp³-hybridized carbons (Fsp3) is 0.286. The zero-order valence-corrected chi connectivity index (χ0v) is 11.4. The Balaban J connectivity index is 2.08. The Hall–Kier alpha value is -2.31. The molecule has 0 radical (unpaired) electrons. The van der Waals surface area contributed by atoms with Crippen molar-refractivity contribution >= 4 is 11.8 Å². The summed E-state index contributed by atoms with van der Waals surface area (Å²) in [5.41, 5.74) is 5.35. The van der Waals surface area contributed by atoms with Crippen LogP contribution in [0.2, 0.25) is 0 Å². The van der Waals surface area contributed by atoms with E-state index in [2.05, 4.69) is 15.3 Å². The highest BCUT2D eigenvalue weighted by Crippen LogP contribution is 2.29. The summed E-state index contributed by atoms with van der Waals surface area (Å²) in [6.45, 7) is 2.41. The van der Waals surface area contributed by atoms with Gasteiger partial charge in [0, 0.05) is 12.6 Å². The average molecular weight is 296 g/mol. The summed E-state index contributed by atoms with van der Waals surface area (Å²) in [4.78, 5) is 6.96. The average Bonchev–Trinajstić information content (AvgIpc) is 2.44. The summed E-state index contributed by atoms with van der Waals surface area (Å²) in [7, 11) is 0. The smallest absolute Gasteiger partial charge is 0.369 e. The van der Waals surface area contributed by atoms with Gasteiger partial charge in [0.25, 0.3) is 0 Å².